The Bertz CT molecular complexity index is 895. The average Bonchev–Trinajstić information content (AvgIpc) is 3.37. The van der Waals surface area contributed by atoms with E-state index in [0.29, 0.717) is 6.54 Å². The van der Waals surface area contributed by atoms with Gasteiger partial charge in [0, 0.05) is 75.4 Å². The molecule has 0 atom stereocenters. The van der Waals surface area contributed by atoms with Gasteiger partial charge < -0.3 is 9.47 Å². The Labute approximate surface area is 174 Å². The zero-order valence-corrected chi connectivity index (χ0v) is 17.6. The first-order valence-electron chi connectivity index (χ1n) is 10.9. The van der Waals surface area contributed by atoms with E-state index < -0.39 is 0 Å². The third kappa shape index (κ3) is 4.34. The van der Waals surface area contributed by atoms with Crippen molar-refractivity contribution in [3.05, 3.63) is 35.5 Å². The SMILES string of the molecule is C#CCCN1CCN(Cc2c(C)n(CC(=O)N3CCCC3)c3ccccc23)CC1. The molecular weight excluding hydrogens is 360 g/mol. The normalized spacial score (nSPS) is 18.4. The lowest BCUT2D eigenvalue weighted by Crippen LogP contribution is -2.46. The highest BCUT2D eigenvalue weighted by Gasteiger charge is 2.23. The summed E-state index contributed by atoms with van der Waals surface area (Å²) in [5.41, 5.74) is 3.78. The van der Waals surface area contributed by atoms with Gasteiger partial charge in [-0.1, -0.05) is 18.2 Å². The summed E-state index contributed by atoms with van der Waals surface area (Å²) in [5.74, 6) is 2.99. The first kappa shape index (κ1) is 20.0. The molecule has 154 valence electrons. The molecule has 2 saturated heterocycles. The van der Waals surface area contributed by atoms with Gasteiger partial charge in [-0.3, -0.25) is 14.6 Å². The molecule has 29 heavy (non-hydrogen) atoms. The van der Waals surface area contributed by atoms with E-state index in [2.05, 4.69) is 51.5 Å². The lowest BCUT2D eigenvalue weighted by Gasteiger charge is -2.34. The molecule has 2 aliphatic heterocycles. The molecule has 4 rings (SSSR count). The zero-order chi connectivity index (χ0) is 20.2. The Morgan fingerprint density at radius 3 is 2.45 bits per heavy atom. The maximum absolute atomic E-state index is 12.8. The van der Waals surface area contributed by atoms with Crippen molar-refractivity contribution >= 4 is 16.8 Å². The standard InChI is InChI=1S/C24H32N4O/c1-3-4-11-25-14-16-26(17-15-25)18-22-20(2)28(23-10-6-5-9-21(22)23)19-24(29)27-12-7-8-13-27/h1,5-6,9-10H,4,7-8,11-19H2,2H3. The molecule has 5 heteroatoms. The topological polar surface area (TPSA) is 31.7 Å². The minimum absolute atomic E-state index is 0.250. The maximum Gasteiger partial charge on any atom is 0.242 e. The fraction of sp³-hybridized carbons (Fsp3) is 0.542. The van der Waals surface area contributed by atoms with Crippen LogP contribution in [0.25, 0.3) is 10.9 Å². The van der Waals surface area contributed by atoms with Gasteiger partial charge in [-0.15, -0.1) is 12.3 Å². The maximum atomic E-state index is 12.8. The monoisotopic (exact) mass is 392 g/mol. The van der Waals surface area contributed by atoms with Crippen molar-refractivity contribution in [2.45, 2.75) is 39.3 Å². The molecule has 1 aromatic carbocycles. The molecule has 2 aliphatic rings. The summed E-state index contributed by atoms with van der Waals surface area (Å²) in [6.45, 7) is 10.7. The van der Waals surface area contributed by atoms with Crippen LogP contribution in [0, 0.1) is 19.3 Å². The highest BCUT2D eigenvalue weighted by molar-refractivity contribution is 5.87. The number of terminal acetylenes is 1. The average molecular weight is 393 g/mol. The van der Waals surface area contributed by atoms with Crippen molar-refractivity contribution < 1.29 is 4.79 Å². The molecular formula is C24H32N4O. The third-order valence-corrected chi connectivity index (χ3v) is 6.53. The zero-order valence-electron chi connectivity index (χ0n) is 17.6. The number of rotatable bonds is 6. The van der Waals surface area contributed by atoms with E-state index in [1.807, 2.05) is 4.90 Å². The third-order valence-electron chi connectivity index (χ3n) is 6.53. The van der Waals surface area contributed by atoms with E-state index in [0.717, 1.165) is 71.6 Å². The molecule has 0 saturated carbocycles. The van der Waals surface area contributed by atoms with Gasteiger partial charge in [-0.2, -0.15) is 0 Å². The predicted molar refractivity (Wildman–Crippen MR) is 118 cm³/mol. The fourth-order valence-corrected chi connectivity index (χ4v) is 4.73. The quantitative estimate of drug-likeness (QED) is 0.709. The van der Waals surface area contributed by atoms with Crippen LogP contribution in [-0.4, -0.2) is 71.0 Å². The molecule has 0 spiro atoms. The molecule has 2 fully saturated rings. The van der Waals surface area contributed by atoms with Crippen LogP contribution in [0.1, 0.15) is 30.5 Å². The Morgan fingerprint density at radius 2 is 1.72 bits per heavy atom. The molecule has 3 heterocycles. The summed E-state index contributed by atoms with van der Waals surface area (Å²) in [6, 6.07) is 8.54. The van der Waals surface area contributed by atoms with E-state index >= 15 is 0 Å². The highest BCUT2D eigenvalue weighted by atomic mass is 16.2. The van der Waals surface area contributed by atoms with Gasteiger partial charge in [0.25, 0.3) is 0 Å². The fourth-order valence-electron chi connectivity index (χ4n) is 4.73. The van der Waals surface area contributed by atoms with Crippen molar-refractivity contribution in [3.63, 3.8) is 0 Å². The van der Waals surface area contributed by atoms with Gasteiger partial charge in [0.2, 0.25) is 5.91 Å². The number of piperazine rings is 1. The van der Waals surface area contributed by atoms with Gasteiger partial charge in [0.05, 0.1) is 0 Å². The number of carbonyl (C=O) groups is 1. The largest absolute Gasteiger partial charge is 0.341 e. The van der Waals surface area contributed by atoms with Gasteiger partial charge in [-0.05, 0) is 31.4 Å². The minimum atomic E-state index is 0.250. The van der Waals surface area contributed by atoms with Gasteiger partial charge in [-0.25, -0.2) is 0 Å². The second kappa shape index (κ2) is 9.02. The van der Waals surface area contributed by atoms with Crippen molar-refractivity contribution in [1.82, 2.24) is 19.3 Å². The number of carbonyl (C=O) groups excluding carboxylic acids is 1. The number of amides is 1. The van der Waals surface area contributed by atoms with Crippen molar-refractivity contribution in [2.75, 3.05) is 45.8 Å². The number of nitrogens with zero attached hydrogens (tertiary/aromatic N) is 4. The van der Waals surface area contributed by atoms with Gasteiger partial charge in [0.1, 0.15) is 6.54 Å². The van der Waals surface area contributed by atoms with Crippen molar-refractivity contribution in [1.29, 1.82) is 0 Å². The van der Waals surface area contributed by atoms with Crippen LogP contribution in [0.5, 0.6) is 0 Å². The first-order valence-corrected chi connectivity index (χ1v) is 10.9. The van der Waals surface area contributed by atoms with Crippen LogP contribution in [0.15, 0.2) is 24.3 Å². The summed E-state index contributed by atoms with van der Waals surface area (Å²) in [7, 11) is 0. The van der Waals surface area contributed by atoms with E-state index in [1.165, 1.54) is 22.2 Å². The van der Waals surface area contributed by atoms with Gasteiger partial charge >= 0.3 is 0 Å². The number of benzene rings is 1. The predicted octanol–water partition coefficient (Wildman–Crippen LogP) is 2.71. The van der Waals surface area contributed by atoms with Crippen LogP contribution < -0.4 is 0 Å². The highest BCUT2D eigenvalue weighted by Crippen LogP contribution is 2.28. The molecule has 0 N–H and O–H groups in total. The van der Waals surface area contributed by atoms with E-state index in [9.17, 15) is 4.79 Å². The first-order chi connectivity index (χ1) is 14.2. The van der Waals surface area contributed by atoms with Crippen LogP contribution >= 0.6 is 0 Å². The molecule has 0 unspecified atom stereocenters. The van der Waals surface area contributed by atoms with E-state index in [-0.39, 0.29) is 5.91 Å². The second-order valence-corrected chi connectivity index (χ2v) is 8.33. The second-order valence-electron chi connectivity index (χ2n) is 8.33. The van der Waals surface area contributed by atoms with Crippen LogP contribution in [0.3, 0.4) is 0 Å². The molecule has 1 aromatic heterocycles. The summed E-state index contributed by atoms with van der Waals surface area (Å²) in [4.78, 5) is 19.8. The molecule has 5 nitrogen and oxygen atoms in total. The molecule has 0 radical (unpaired) electrons. The number of hydrogen-bond donors (Lipinski definition) is 0. The van der Waals surface area contributed by atoms with Crippen molar-refractivity contribution in [2.24, 2.45) is 0 Å². The minimum Gasteiger partial charge on any atom is -0.341 e. The number of fused-ring (bicyclic) bond motifs is 1. The van der Waals surface area contributed by atoms with Crippen LogP contribution in [0.2, 0.25) is 0 Å². The van der Waals surface area contributed by atoms with Gasteiger partial charge in [0.15, 0.2) is 0 Å². The summed E-state index contributed by atoms with van der Waals surface area (Å²) in [5, 5.41) is 1.29. The summed E-state index contributed by atoms with van der Waals surface area (Å²) < 4.78 is 2.23. The summed E-state index contributed by atoms with van der Waals surface area (Å²) in [6.07, 6.45) is 8.51. The molecule has 1 amide bonds. The Balaban J connectivity index is 1.50. The summed E-state index contributed by atoms with van der Waals surface area (Å²) >= 11 is 0. The number of para-hydroxylation sites is 1. The number of likely N-dealkylation sites (tertiary alicyclic amines) is 1. The molecule has 0 aliphatic carbocycles. The van der Waals surface area contributed by atoms with E-state index in [1.54, 1.807) is 0 Å². The molecule has 0 bridgehead atoms. The lowest BCUT2D eigenvalue weighted by molar-refractivity contribution is -0.130. The Hall–Kier alpha value is -2.29. The van der Waals surface area contributed by atoms with Crippen LogP contribution in [-0.2, 0) is 17.9 Å². The number of hydrogen-bond acceptors (Lipinski definition) is 3. The molecule has 2 aromatic rings. The Morgan fingerprint density at radius 1 is 1.03 bits per heavy atom. The smallest absolute Gasteiger partial charge is 0.242 e. The Kier molecular flexibility index (Phi) is 6.22. The number of aromatic nitrogens is 1. The lowest BCUT2D eigenvalue weighted by atomic mass is 10.1. The van der Waals surface area contributed by atoms with Crippen molar-refractivity contribution in [3.8, 4) is 12.3 Å². The van der Waals surface area contributed by atoms with Crippen LogP contribution in [0.4, 0.5) is 0 Å². The van der Waals surface area contributed by atoms with E-state index in [4.69, 9.17) is 6.42 Å².